The molecule has 1 aromatic carbocycles. The van der Waals surface area contributed by atoms with Crippen LogP contribution >= 0.6 is 11.6 Å². The molecule has 0 amide bonds. The second kappa shape index (κ2) is 10.2. The average molecular weight is 284 g/mol. The fourth-order valence-electron chi connectivity index (χ4n) is 2.07. The summed E-state index contributed by atoms with van der Waals surface area (Å²) in [4.78, 5) is 0. The molecule has 0 fully saturated rings. The number of nitrogens with one attached hydrogen (secondary N) is 1. The third-order valence-electron chi connectivity index (χ3n) is 3.05. The third-order valence-corrected chi connectivity index (χ3v) is 3.31. The van der Waals surface area contributed by atoms with Crippen LogP contribution in [0.4, 0.5) is 0 Å². The van der Waals surface area contributed by atoms with E-state index in [0.29, 0.717) is 6.04 Å². The van der Waals surface area contributed by atoms with E-state index in [9.17, 15) is 0 Å². The summed E-state index contributed by atoms with van der Waals surface area (Å²) in [5.41, 5.74) is 1.32. The second-order valence-electron chi connectivity index (χ2n) is 4.81. The lowest BCUT2D eigenvalue weighted by Crippen LogP contribution is -2.23. The minimum absolute atomic E-state index is 0.424. The van der Waals surface area contributed by atoms with E-state index in [1.807, 2.05) is 12.1 Å². The number of ether oxygens (including phenoxy) is 1. The Kier molecular flexibility index (Phi) is 8.89. The highest BCUT2D eigenvalue weighted by atomic mass is 35.5. The molecule has 2 nitrogen and oxygen atoms in total. The van der Waals surface area contributed by atoms with Crippen LogP contribution in [0.15, 0.2) is 24.3 Å². The van der Waals surface area contributed by atoms with Crippen molar-refractivity contribution in [3.8, 4) is 0 Å². The Hall–Kier alpha value is -0.570. The Morgan fingerprint density at radius 3 is 2.47 bits per heavy atom. The molecule has 3 heteroatoms. The van der Waals surface area contributed by atoms with Gasteiger partial charge in [-0.25, -0.2) is 0 Å². The van der Waals surface area contributed by atoms with Crippen LogP contribution in [-0.4, -0.2) is 19.8 Å². The normalized spacial score (nSPS) is 12.6. The largest absolute Gasteiger partial charge is 0.381 e. The smallest absolute Gasteiger partial charge is 0.0478 e. The maximum atomic E-state index is 5.93. The highest BCUT2D eigenvalue weighted by molar-refractivity contribution is 6.30. The van der Waals surface area contributed by atoms with Gasteiger partial charge in [-0.2, -0.15) is 0 Å². The molecule has 108 valence electrons. The predicted molar refractivity (Wildman–Crippen MR) is 82.8 cm³/mol. The van der Waals surface area contributed by atoms with Crippen LogP contribution in [0.1, 0.15) is 51.1 Å². The molecule has 0 bridgehead atoms. The van der Waals surface area contributed by atoms with Gasteiger partial charge in [0.25, 0.3) is 0 Å². The molecule has 0 spiro atoms. The van der Waals surface area contributed by atoms with Crippen molar-refractivity contribution in [2.45, 2.75) is 45.6 Å². The van der Waals surface area contributed by atoms with Crippen molar-refractivity contribution in [3.05, 3.63) is 34.9 Å². The van der Waals surface area contributed by atoms with Crippen LogP contribution in [0.2, 0.25) is 5.02 Å². The van der Waals surface area contributed by atoms with Gasteiger partial charge in [-0.3, -0.25) is 0 Å². The first-order chi connectivity index (χ1) is 9.27. The first kappa shape index (κ1) is 16.5. The molecule has 1 atom stereocenters. The van der Waals surface area contributed by atoms with Crippen molar-refractivity contribution < 1.29 is 4.74 Å². The average Bonchev–Trinajstić information content (AvgIpc) is 2.42. The summed E-state index contributed by atoms with van der Waals surface area (Å²) >= 11 is 5.93. The minimum Gasteiger partial charge on any atom is -0.381 e. The number of hydrogen-bond donors (Lipinski definition) is 1. The van der Waals surface area contributed by atoms with Crippen molar-refractivity contribution in [1.29, 1.82) is 0 Å². The fraction of sp³-hybridized carbons (Fsp3) is 0.625. The summed E-state index contributed by atoms with van der Waals surface area (Å²) in [5.74, 6) is 0. The summed E-state index contributed by atoms with van der Waals surface area (Å²) in [6.45, 7) is 7.07. The lowest BCUT2D eigenvalue weighted by Gasteiger charge is -2.18. The van der Waals surface area contributed by atoms with Crippen molar-refractivity contribution in [3.63, 3.8) is 0 Å². The first-order valence-corrected chi connectivity index (χ1v) is 7.72. The van der Waals surface area contributed by atoms with E-state index in [4.69, 9.17) is 16.3 Å². The fourth-order valence-corrected chi connectivity index (χ4v) is 2.19. The Morgan fingerprint density at radius 1 is 1.11 bits per heavy atom. The molecule has 0 aliphatic rings. The molecule has 0 saturated heterocycles. The van der Waals surface area contributed by atoms with Gasteiger partial charge in [0.15, 0.2) is 0 Å². The highest BCUT2D eigenvalue weighted by Gasteiger charge is 2.09. The van der Waals surface area contributed by atoms with Crippen molar-refractivity contribution in [2.24, 2.45) is 0 Å². The third kappa shape index (κ3) is 6.95. The Morgan fingerprint density at radius 2 is 1.84 bits per heavy atom. The standard InChI is InChI=1S/C16H26ClNO/c1-3-6-16(14-7-9-15(17)10-8-14)18-11-5-13-19-12-4-2/h7-10,16,18H,3-6,11-13H2,1-2H3. The van der Waals surface area contributed by atoms with Gasteiger partial charge in [0.1, 0.15) is 0 Å². The van der Waals surface area contributed by atoms with Gasteiger partial charge in [-0.05, 0) is 43.5 Å². The highest BCUT2D eigenvalue weighted by Crippen LogP contribution is 2.20. The van der Waals surface area contributed by atoms with Gasteiger partial charge in [0.2, 0.25) is 0 Å². The van der Waals surface area contributed by atoms with Crippen LogP contribution in [0.3, 0.4) is 0 Å². The Bertz CT molecular complexity index is 326. The van der Waals surface area contributed by atoms with Crippen LogP contribution in [0, 0.1) is 0 Å². The molecular weight excluding hydrogens is 258 g/mol. The lowest BCUT2D eigenvalue weighted by molar-refractivity contribution is 0.131. The number of rotatable bonds is 10. The lowest BCUT2D eigenvalue weighted by atomic mass is 10.0. The summed E-state index contributed by atoms with van der Waals surface area (Å²) in [5, 5.41) is 4.41. The van der Waals surface area contributed by atoms with Gasteiger partial charge < -0.3 is 10.1 Å². The van der Waals surface area contributed by atoms with Gasteiger partial charge in [-0.15, -0.1) is 0 Å². The molecule has 1 N–H and O–H groups in total. The molecule has 1 rings (SSSR count). The minimum atomic E-state index is 0.424. The summed E-state index contributed by atoms with van der Waals surface area (Å²) < 4.78 is 5.49. The zero-order valence-electron chi connectivity index (χ0n) is 12.1. The Balaban J connectivity index is 2.34. The number of benzene rings is 1. The number of halogens is 1. The quantitative estimate of drug-likeness (QED) is 0.634. The van der Waals surface area contributed by atoms with E-state index in [1.165, 1.54) is 12.0 Å². The molecule has 1 unspecified atom stereocenters. The zero-order valence-corrected chi connectivity index (χ0v) is 12.9. The van der Waals surface area contributed by atoms with E-state index in [-0.39, 0.29) is 0 Å². The SMILES string of the molecule is CCCOCCCNC(CCC)c1ccc(Cl)cc1. The van der Waals surface area contributed by atoms with Gasteiger partial charge >= 0.3 is 0 Å². The number of hydrogen-bond acceptors (Lipinski definition) is 2. The monoisotopic (exact) mass is 283 g/mol. The van der Waals surface area contributed by atoms with Crippen molar-refractivity contribution in [1.82, 2.24) is 5.32 Å². The van der Waals surface area contributed by atoms with E-state index >= 15 is 0 Å². The maximum absolute atomic E-state index is 5.93. The van der Waals surface area contributed by atoms with Crippen molar-refractivity contribution in [2.75, 3.05) is 19.8 Å². The van der Waals surface area contributed by atoms with Crippen LogP contribution in [0.25, 0.3) is 0 Å². The van der Waals surface area contributed by atoms with Crippen LogP contribution in [0.5, 0.6) is 0 Å². The molecule has 0 aromatic heterocycles. The summed E-state index contributed by atoms with van der Waals surface area (Å²) in [6.07, 6.45) is 4.48. The second-order valence-corrected chi connectivity index (χ2v) is 5.25. The van der Waals surface area contributed by atoms with E-state index < -0.39 is 0 Å². The van der Waals surface area contributed by atoms with Gasteiger partial charge in [-0.1, -0.05) is 44.0 Å². The summed E-state index contributed by atoms with van der Waals surface area (Å²) in [7, 11) is 0. The molecule has 0 radical (unpaired) electrons. The molecule has 1 aromatic rings. The molecule has 0 aliphatic carbocycles. The zero-order chi connectivity index (χ0) is 13.9. The molecule has 19 heavy (non-hydrogen) atoms. The van der Waals surface area contributed by atoms with E-state index in [0.717, 1.165) is 44.0 Å². The molecule has 0 saturated carbocycles. The van der Waals surface area contributed by atoms with Crippen LogP contribution < -0.4 is 5.32 Å². The molecule has 0 aliphatic heterocycles. The van der Waals surface area contributed by atoms with Gasteiger partial charge in [0, 0.05) is 24.3 Å². The Labute approximate surface area is 122 Å². The van der Waals surface area contributed by atoms with Crippen LogP contribution in [-0.2, 0) is 4.74 Å². The predicted octanol–water partition coefficient (Wildman–Crippen LogP) is 4.59. The van der Waals surface area contributed by atoms with E-state index in [2.05, 4.69) is 31.3 Å². The molecular formula is C16H26ClNO. The van der Waals surface area contributed by atoms with Gasteiger partial charge in [0.05, 0.1) is 0 Å². The maximum Gasteiger partial charge on any atom is 0.0478 e. The van der Waals surface area contributed by atoms with Crippen molar-refractivity contribution >= 4 is 11.6 Å². The first-order valence-electron chi connectivity index (χ1n) is 7.34. The summed E-state index contributed by atoms with van der Waals surface area (Å²) in [6, 6.07) is 8.58. The molecule has 0 heterocycles. The van der Waals surface area contributed by atoms with E-state index in [1.54, 1.807) is 0 Å². The topological polar surface area (TPSA) is 21.3 Å².